The van der Waals surface area contributed by atoms with Crippen LogP contribution in [-0.2, 0) is 4.74 Å². The fourth-order valence-electron chi connectivity index (χ4n) is 3.17. The molecule has 5 aromatic rings. The molecular formula is C22H19N7O4S. The Balaban J connectivity index is 1.47. The van der Waals surface area contributed by atoms with Gasteiger partial charge in [0.25, 0.3) is 0 Å². The number of aromatic nitrogens is 6. The summed E-state index contributed by atoms with van der Waals surface area (Å²) < 4.78 is 17.8. The Bertz CT molecular complexity index is 1430. The molecule has 0 aliphatic carbocycles. The van der Waals surface area contributed by atoms with Crippen molar-refractivity contribution in [2.75, 3.05) is 25.6 Å². The fraction of sp³-hybridized carbons (Fsp3) is 0.182. The number of nitrogens with zero attached hydrogens (tertiary/aromatic N) is 6. The molecule has 0 saturated carbocycles. The average Bonchev–Trinajstić information content (AvgIpc) is 3.58. The van der Waals surface area contributed by atoms with Crippen LogP contribution in [0.2, 0.25) is 0 Å². The number of methoxy groups -OCH3 is 1. The van der Waals surface area contributed by atoms with Crippen LogP contribution < -0.4 is 10.1 Å². The van der Waals surface area contributed by atoms with Crippen LogP contribution in [0.4, 0.5) is 5.13 Å². The molecule has 0 saturated heterocycles. The molecule has 0 fully saturated rings. The number of benzene rings is 1. The summed E-state index contributed by atoms with van der Waals surface area (Å²) in [6.07, 6.45) is 5.18. The zero-order valence-corrected chi connectivity index (χ0v) is 19.1. The molecule has 4 aromatic heterocycles. The number of rotatable bonds is 8. The first-order valence-electron chi connectivity index (χ1n) is 10.2. The number of amides is 1. The van der Waals surface area contributed by atoms with Gasteiger partial charge in [0.1, 0.15) is 12.4 Å². The molecule has 11 nitrogen and oxygen atoms in total. The van der Waals surface area contributed by atoms with E-state index in [-0.39, 0.29) is 11.7 Å². The van der Waals surface area contributed by atoms with Crippen LogP contribution >= 0.6 is 11.3 Å². The fourth-order valence-corrected chi connectivity index (χ4v) is 3.83. The zero-order chi connectivity index (χ0) is 23.5. The lowest BCUT2D eigenvalue weighted by atomic mass is 10.1. The zero-order valence-electron chi connectivity index (χ0n) is 18.3. The summed E-state index contributed by atoms with van der Waals surface area (Å²) in [6, 6.07) is 9.16. The molecule has 0 spiro atoms. The van der Waals surface area contributed by atoms with Crippen LogP contribution in [0, 0.1) is 6.92 Å². The highest BCUT2D eigenvalue weighted by atomic mass is 32.1. The van der Waals surface area contributed by atoms with Gasteiger partial charge in [-0.1, -0.05) is 5.16 Å². The number of aryl methyl sites for hydroxylation is 1. The summed E-state index contributed by atoms with van der Waals surface area (Å²) >= 11 is 1.35. The van der Waals surface area contributed by atoms with E-state index >= 15 is 0 Å². The van der Waals surface area contributed by atoms with E-state index in [1.807, 2.05) is 37.4 Å². The number of hydrogen-bond acceptors (Lipinski definition) is 10. The van der Waals surface area contributed by atoms with Crippen molar-refractivity contribution < 1.29 is 18.8 Å². The third-order valence-corrected chi connectivity index (χ3v) is 5.54. The quantitative estimate of drug-likeness (QED) is 0.334. The van der Waals surface area contributed by atoms with E-state index in [0.717, 1.165) is 10.4 Å². The lowest BCUT2D eigenvalue weighted by molar-refractivity contribution is 0.0981. The van der Waals surface area contributed by atoms with E-state index in [0.29, 0.717) is 41.0 Å². The Kier molecular flexibility index (Phi) is 5.97. The maximum absolute atomic E-state index is 12.5. The number of nitrogens with one attached hydrogen (secondary N) is 1. The molecule has 34 heavy (non-hydrogen) atoms. The van der Waals surface area contributed by atoms with Crippen LogP contribution in [-0.4, -0.2) is 56.0 Å². The SMILES string of the molecule is COCCOc1cc(-c2cn3ncccc3n2)cc(-c2noc(C(=O)Nc3ncc(C)s3)n2)c1. The van der Waals surface area contributed by atoms with Crippen LogP contribution in [0.25, 0.3) is 28.3 Å². The third-order valence-electron chi connectivity index (χ3n) is 4.72. The molecule has 0 aliphatic rings. The summed E-state index contributed by atoms with van der Waals surface area (Å²) in [7, 11) is 1.60. The minimum Gasteiger partial charge on any atom is -0.491 e. The summed E-state index contributed by atoms with van der Waals surface area (Å²) in [5.74, 6) is 0.101. The Labute approximate surface area is 197 Å². The molecular weight excluding hydrogens is 458 g/mol. The molecule has 1 amide bonds. The molecule has 0 radical (unpaired) electrons. The normalized spacial score (nSPS) is 11.1. The van der Waals surface area contributed by atoms with Gasteiger partial charge in [-0.15, -0.1) is 11.3 Å². The predicted octanol–water partition coefficient (Wildman–Crippen LogP) is 3.49. The van der Waals surface area contributed by atoms with Crippen LogP contribution in [0.5, 0.6) is 5.75 Å². The van der Waals surface area contributed by atoms with Crippen molar-refractivity contribution >= 4 is 28.0 Å². The molecule has 0 unspecified atom stereocenters. The van der Waals surface area contributed by atoms with E-state index in [9.17, 15) is 4.79 Å². The number of carbonyl (C=O) groups excluding carboxylic acids is 1. The van der Waals surface area contributed by atoms with Crippen LogP contribution in [0.1, 0.15) is 15.6 Å². The highest BCUT2D eigenvalue weighted by Crippen LogP contribution is 2.30. The van der Waals surface area contributed by atoms with Gasteiger partial charge >= 0.3 is 11.8 Å². The van der Waals surface area contributed by atoms with Crippen LogP contribution in [0.15, 0.2) is 53.4 Å². The third kappa shape index (κ3) is 4.63. The average molecular weight is 478 g/mol. The van der Waals surface area contributed by atoms with Gasteiger partial charge in [0.2, 0.25) is 5.82 Å². The van der Waals surface area contributed by atoms with Crippen LogP contribution in [0.3, 0.4) is 0 Å². The summed E-state index contributed by atoms with van der Waals surface area (Å²) in [5.41, 5.74) is 2.77. The van der Waals surface area contributed by atoms with Crippen molar-refractivity contribution in [2.24, 2.45) is 0 Å². The van der Waals surface area contributed by atoms with Gasteiger partial charge < -0.3 is 14.0 Å². The second kappa shape index (κ2) is 9.37. The molecule has 0 aliphatic heterocycles. The molecule has 0 bridgehead atoms. The number of hydrogen-bond donors (Lipinski definition) is 1. The molecule has 0 atom stereocenters. The van der Waals surface area contributed by atoms with Gasteiger partial charge in [-0.3, -0.25) is 10.1 Å². The lowest BCUT2D eigenvalue weighted by Gasteiger charge is -2.09. The van der Waals surface area contributed by atoms with Gasteiger partial charge in [-0.2, -0.15) is 10.1 Å². The van der Waals surface area contributed by atoms with E-state index in [2.05, 4.69) is 30.5 Å². The second-order valence-electron chi connectivity index (χ2n) is 7.19. The molecule has 172 valence electrons. The number of anilines is 1. The first-order chi connectivity index (χ1) is 16.6. The highest BCUT2D eigenvalue weighted by molar-refractivity contribution is 7.15. The number of fused-ring (bicyclic) bond motifs is 1. The number of carbonyl (C=O) groups is 1. The number of imidazole rings is 1. The van der Waals surface area contributed by atoms with Gasteiger partial charge in [-0.05, 0) is 37.3 Å². The van der Waals surface area contributed by atoms with Crippen molar-refractivity contribution in [1.29, 1.82) is 0 Å². The van der Waals surface area contributed by atoms with Crippen molar-refractivity contribution in [3.8, 4) is 28.4 Å². The first-order valence-corrected chi connectivity index (χ1v) is 11.1. The minimum atomic E-state index is -0.535. The number of thiazole rings is 1. The molecule has 5 rings (SSSR count). The van der Waals surface area contributed by atoms with Gasteiger partial charge in [-0.25, -0.2) is 14.5 Å². The topological polar surface area (TPSA) is 130 Å². The second-order valence-corrected chi connectivity index (χ2v) is 8.43. The number of ether oxygens (including phenoxy) is 2. The van der Waals surface area contributed by atoms with E-state index in [1.165, 1.54) is 11.3 Å². The molecule has 1 N–H and O–H groups in total. The predicted molar refractivity (Wildman–Crippen MR) is 124 cm³/mol. The van der Waals surface area contributed by atoms with Crippen molar-refractivity contribution in [3.63, 3.8) is 0 Å². The van der Waals surface area contributed by atoms with Gasteiger partial charge in [0.05, 0.1) is 18.5 Å². The Morgan fingerprint density at radius 1 is 1.21 bits per heavy atom. The van der Waals surface area contributed by atoms with E-state index in [4.69, 9.17) is 14.0 Å². The van der Waals surface area contributed by atoms with E-state index < -0.39 is 5.91 Å². The maximum atomic E-state index is 12.5. The summed E-state index contributed by atoms with van der Waals surface area (Å²) in [6.45, 7) is 2.69. The lowest BCUT2D eigenvalue weighted by Crippen LogP contribution is -2.11. The monoisotopic (exact) mass is 477 g/mol. The van der Waals surface area contributed by atoms with E-state index in [1.54, 1.807) is 30.1 Å². The first kappa shape index (κ1) is 21.7. The Morgan fingerprint density at radius 2 is 2.09 bits per heavy atom. The Hall–Kier alpha value is -4.16. The summed E-state index contributed by atoms with van der Waals surface area (Å²) in [5, 5.41) is 11.4. The standard InChI is InChI=1S/C22H19N7O4S/c1-13-11-23-22(34-13)27-20(30)21-26-19(28-33-21)15-8-14(9-16(10-15)32-7-6-31-2)17-12-29-18(25-17)4-3-5-24-29/h3-5,8-12H,6-7H2,1-2H3,(H,23,27,30). The molecule has 12 heteroatoms. The minimum absolute atomic E-state index is 0.174. The van der Waals surface area contributed by atoms with Crippen molar-refractivity contribution in [1.82, 2.24) is 29.7 Å². The maximum Gasteiger partial charge on any atom is 0.316 e. The Morgan fingerprint density at radius 3 is 2.88 bits per heavy atom. The highest BCUT2D eigenvalue weighted by Gasteiger charge is 2.19. The largest absolute Gasteiger partial charge is 0.491 e. The van der Waals surface area contributed by atoms with Gasteiger partial charge in [0.15, 0.2) is 10.8 Å². The van der Waals surface area contributed by atoms with Crippen molar-refractivity contribution in [2.45, 2.75) is 6.92 Å². The van der Waals surface area contributed by atoms with Gasteiger partial charge in [0, 0.05) is 35.5 Å². The van der Waals surface area contributed by atoms with Crippen molar-refractivity contribution in [3.05, 3.63) is 59.7 Å². The summed E-state index contributed by atoms with van der Waals surface area (Å²) in [4.78, 5) is 26.5. The molecule has 1 aromatic carbocycles. The molecule has 4 heterocycles. The smallest absolute Gasteiger partial charge is 0.316 e.